The molecule has 0 fully saturated rings. The number of phenols is 1. The maximum atomic E-state index is 12.9. The summed E-state index contributed by atoms with van der Waals surface area (Å²) in [4.78, 5) is 19.3. The zero-order valence-electron chi connectivity index (χ0n) is 13.3. The second-order valence-electron chi connectivity index (χ2n) is 5.95. The normalized spacial score (nSPS) is 16.9. The van der Waals surface area contributed by atoms with Gasteiger partial charge in [0.05, 0.1) is 22.6 Å². The molecule has 1 atom stereocenters. The highest BCUT2D eigenvalue weighted by Gasteiger charge is 2.34. The zero-order chi connectivity index (χ0) is 17.0. The zero-order valence-corrected chi connectivity index (χ0v) is 14.1. The molecular weight excluding hydrogens is 326 g/mol. The largest absolute Gasteiger partial charge is 0.506 e. The summed E-state index contributed by atoms with van der Waals surface area (Å²) in [5.74, 6) is 0.644. The summed E-state index contributed by atoms with van der Waals surface area (Å²) < 4.78 is 1.86. The summed E-state index contributed by atoms with van der Waals surface area (Å²) in [7, 11) is 1.77. The molecule has 0 bridgehead atoms. The number of benzene rings is 2. The number of imidazole rings is 1. The number of amides is 1. The van der Waals surface area contributed by atoms with Crippen LogP contribution in [0.5, 0.6) is 5.75 Å². The Bertz CT molecular complexity index is 980. The lowest BCUT2D eigenvalue weighted by Gasteiger charge is -2.24. The van der Waals surface area contributed by atoms with Gasteiger partial charge in [0.2, 0.25) is 0 Å². The van der Waals surface area contributed by atoms with Crippen LogP contribution in [0.3, 0.4) is 0 Å². The van der Waals surface area contributed by atoms with E-state index in [1.807, 2.05) is 23.6 Å². The summed E-state index contributed by atoms with van der Waals surface area (Å²) in [5.41, 5.74) is 2.48. The number of fused-ring (bicyclic) bond motifs is 5. The van der Waals surface area contributed by atoms with E-state index in [-0.39, 0.29) is 17.7 Å². The molecule has 2 heterocycles. The van der Waals surface area contributed by atoms with E-state index < -0.39 is 0 Å². The fourth-order valence-electron chi connectivity index (χ4n) is 3.43. The molecule has 1 N–H and O–H groups in total. The Morgan fingerprint density at radius 2 is 2.08 bits per heavy atom. The van der Waals surface area contributed by atoms with Gasteiger partial charge in [-0.2, -0.15) is 0 Å². The smallest absolute Gasteiger partial charge is 0.256 e. The first-order valence-corrected chi connectivity index (χ1v) is 8.18. The number of nitrogens with zero attached hydrogens (tertiary/aromatic N) is 3. The molecule has 5 nitrogen and oxygen atoms in total. The van der Waals surface area contributed by atoms with Gasteiger partial charge in [0.15, 0.2) is 0 Å². The van der Waals surface area contributed by atoms with Crippen LogP contribution in [0.4, 0.5) is 0 Å². The molecule has 24 heavy (non-hydrogen) atoms. The Balaban J connectivity index is 2.19. The van der Waals surface area contributed by atoms with Crippen molar-refractivity contribution in [1.82, 2.24) is 14.5 Å². The van der Waals surface area contributed by atoms with E-state index in [2.05, 4.69) is 0 Å². The molecule has 1 aliphatic rings. The number of para-hydroxylation sites is 1. The van der Waals surface area contributed by atoms with Crippen LogP contribution in [-0.4, -0.2) is 32.5 Å². The summed E-state index contributed by atoms with van der Waals surface area (Å²) in [6.07, 6.45) is 0.716. The highest BCUT2D eigenvalue weighted by atomic mass is 35.5. The molecule has 6 heteroatoms. The highest BCUT2D eigenvalue weighted by Crippen LogP contribution is 2.39. The maximum absolute atomic E-state index is 12.9. The number of carbonyl (C=O) groups is 1. The number of hydrogen-bond donors (Lipinski definition) is 1. The van der Waals surface area contributed by atoms with Crippen LogP contribution < -0.4 is 0 Å². The molecule has 4 rings (SSSR count). The predicted octanol–water partition coefficient (Wildman–Crippen LogP) is 3.92. The first-order chi connectivity index (χ1) is 11.5. The lowest BCUT2D eigenvalue weighted by molar-refractivity contribution is 0.0726. The predicted molar refractivity (Wildman–Crippen MR) is 92.9 cm³/mol. The Morgan fingerprint density at radius 1 is 1.29 bits per heavy atom. The van der Waals surface area contributed by atoms with Crippen LogP contribution in [0.1, 0.15) is 35.6 Å². The topological polar surface area (TPSA) is 58.4 Å². The first kappa shape index (κ1) is 15.0. The van der Waals surface area contributed by atoms with Gasteiger partial charge in [0.1, 0.15) is 17.3 Å². The van der Waals surface area contributed by atoms with E-state index in [4.69, 9.17) is 16.6 Å². The van der Waals surface area contributed by atoms with Crippen molar-refractivity contribution in [2.45, 2.75) is 19.4 Å². The van der Waals surface area contributed by atoms with E-state index in [0.717, 1.165) is 16.9 Å². The van der Waals surface area contributed by atoms with Crippen LogP contribution in [0, 0.1) is 0 Å². The molecule has 0 aliphatic carbocycles. The van der Waals surface area contributed by atoms with Gasteiger partial charge < -0.3 is 10.0 Å². The third kappa shape index (κ3) is 1.94. The number of hydrogen-bond acceptors (Lipinski definition) is 3. The van der Waals surface area contributed by atoms with Crippen LogP contribution >= 0.6 is 11.6 Å². The van der Waals surface area contributed by atoms with Gasteiger partial charge in [0, 0.05) is 12.1 Å². The maximum Gasteiger partial charge on any atom is 0.256 e. The number of phenolic OH excluding ortho intramolecular Hbond substituents is 1. The van der Waals surface area contributed by atoms with E-state index >= 15 is 0 Å². The molecule has 0 radical (unpaired) electrons. The molecular formula is C18H16ClN3O2. The van der Waals surface area contributed by atoms with Gasteiger partial charge in [-0.3, -0.25) is 9.36 Å². The molecule has 1 aliphatic heterocycles. The van der Waals surface area contributed by atoms with Crippen molar-refractivity contribution >= 4 is 28.5 Å². The monoisotopic (exact) mass is 341 g/mol. The van der Waals surface area contributed by atoms with E-state index in [1.165, 1.54) is 0 Å². The van der Waals surface area contributed by atoms with Gasteiger partial charge >= 0.3 is 0 Å². The quantitative estimate of drug-likeness (QED) is 0.729. The summed E-state index contributed by atoms with van der Waals surface area (Å²) in [5, 5.41) is 11.1. The molecule has 122 valence electrons. The summed E-state index contributed by atoms with van der Waals surface area (Å²) >= 11 is 6.17. The minimum absolute atomic E-state index is 0.0477. The minimum atomic E-state index is -0.185. The van der Waals surface area contributed by atoms with Crippen LogP contribution in [0.2, 0.25) is 5.02 Å². The summed E-state index contributed by atoms with van der Waals surface area (Å²) in [6.45, 7) is 2.01. The molecule has 2 aromatic carbocycles. The average molecular weight is 342 g/mol. The Morgan fingerprint density at radius 3 is 2.83 bits per heavy atom. The molecule has 1 amide bonds. The van der Waals surface area contributed by atoms with Crippen molar-refractivity contribution in [2.75, 3.05) is 7.05 Å². The lowest BCUT2D eigenvalue weighted by Crippen LogP contribution is -2.30. The Kier molecular flexibility index (Phi) is 3.28. The first-order valence-electron chi connectivity index (χ1n) is 7.80. The van der Waals surface area contributed by atoms with E-state index in [9.17, 15) is 9.90 Å². The number of aromatic hydroxyl groups is 1. The molecule has 3 aromatic rings. The third-order valence-corrected chi connectivity index (χ3v) is 4.82. The standard InChI is InChI=1S/C18H16ClN3O2/c1-3-13-17-20-12-8-7-10(19)9-14(12)22(17)16-11(18(24)21(13)2)5-4-6-15(16)23/h4-9,13,23H,3H2,1-2H3. The number of aromatic nitrogens is 2. The van der Waals surface area contributed by atoms with E-state index in [0.29, 0.717) is 22.7 Å². The highest BCUT2D eigenvalue weighted by molar-refractivity contribution is 6.31. The molecule has 1 unspecified atom stereocenters. The van der Waals surface area contributed by atoms with Gasteiger partial charge in [-0.1, -0.05) is 24.6 Å². The minimum Gasteiger partial charge on any atom is -0.506 e. The van der Waals surface area contributed by atoms with E-state index in [1.54, 1.807) is 36.2 Å². The van der Waals surface area contributed by atoms with Gasteiger partial charge in [-0.25, -0.2) is 4.98 Å². The number of halogens is 1. The Hall–Kier alpha value is -2.53. The van der Waals surface area contributed by atoms with Crippen molar-refractivity contribution in [1.29, 1.82) is 0 Å². The van der Waals surface area contributed by atoms with Crippen molar-refractivity contribution in [3.63, 3.8) is 0 Å². The third-order valence-electron chi connectivity index (χ3n) is 4.58. The fourth-order valence-corrected chi connectivity index (χ4v) is 3.59. The van der Waals surface area contributed by atoms with Crippen molar-refractivity contribution in [2.24, 2.45) is 0 Å². The summed E-state index contributed by atoms with van der Waals surface area (Å²) in [6, 6.07) is 10.3. The van der Waals surface area contributed by atoms with Crippen LogP contribution in [-0.2, 0) is 0 Å². The van der Waals surface area contributed by atoms with Gasteiger partial charge in [-0.15, -0.1) is 0 Å². The SMILES string of the molecule is CCC1c2nc3ccc(Cl)cc3n2-c2c(O)cccc2C(=O)N1C. The number of rotatable bonds is 1. The molecule has 0 saturated heterocycles. The van der Waals surface area contributed by atoms with Crippen molar-refractivity contribution < 1.29 is 9.90 Å². The second-order valence-corrected chi connectivity index (χ2v) is 6.39. The lowest BCUT2D eigenvalue weighted by atomic mass is 10.1. The molecule has 1 aromatic heterocycles. The van der Waals surface area contributed by atoms with Crippen molar-refractivity contribution in [3.05, 3.63) is 52.8 Å². The van der Waals surface area contributed by atoms with Crippen LogP contribution in [0.25, 0.3) is 16.7 Å². The second kappa shape index (κ2) is 5.24. The fraction of sp³-hybridized carbons (Fsp3) is 0.222. The Labute approximate surface area is 144 Å². The van der Waals surface area contributed by atoms with Crippen molar-refractivity contribution in [3.8, 4) is 11.4 Å². The molecule has 0 spiro atoms. The van der Waals surface area contributed by atoms with Crippen LogP contribution in [0.15, 0.2) is 36.4 Å². The number of carbonyl (C=O) groups excluding carboxylic acids is 1. The van der Waals surface area contributed by atoms with Gasteiger partial charge in [-0.05, 0) is 36.8 Å². The van der Waals surface area contributed by atoms with Gasteiger partial charge in [0.25, 0.3) is 5.91 Å². The molecule has 0 saturated carbocycles. The average Bonchev–Trinajstić information content (AvgIpc) is 2.88.